The van der Waals surface area contributed by atoms with Crippen molar-refractivity contribution in [3.05, 3.63) is 23.9 Å². The Morgan fingerprint density at radius 1 is 1.64 bits per heavy atom. The summed E-state index contributed by atoms with van der Waals surface area (Å²) in [5.74, 6) is 0.835. The first-order chi connectivity index (χ1) is 5.36. The number of halogens is 1. The van der Waals surface area contributed by atoms with Gasteiger partial charge < -0.3 is 5.32 Å². The van der Waals surface area contributed by atoms with E-state index in [9.17, 15) is 4.39 Å². The Morgan fingerprint density at radius 2 is 2.55 bits per heavy atom. The SMILES string of the molecule is FC1CNc2ncccc2C1. The van der Waals surface area contributed by atoms with E-state index in [4.69, 9.17) is 0 Å². The molecule has 1 atom stereocenters. The Balaban J connectivity index is 2.34. The minimum absolute atomic E-state index is 0.393. The topological polar surface area (TPSA) is 24.9 Å². The van der Waals surface area contributed by atoms with Crippen LogP contribution in [0.3, 0.4) is 0 Å². The predicted molar refractivity (Wildman–Crippen MR) is 41.3 cm³/mol. The van der Waals surface area contributed by atoms with E-state index in [0.29, 0.717) is 13.0 Å². The van der Waals surface area contributed by atoms with Crippen molar-refractivity contribution in [3.63, 3.8) is 0 Å². The van der Waals surface area contributed by atoms with Gasteiger partial charge in [0.15, 0.2) is 0 Å². The van der Waals surface area contributed by atoms with E-state index in [1.165, 1.54) is 0 Å². The zero-order chi connectivity index (χ0) is 7.68. The molecule has 0 saturated heterocycles. The molecule has 11 heavy (non-hydrogen) atoms. The molecule has 0 radical (unpaired) electrons. The van der Waals surface area contributed by atoms with Gasteiger partial charge in [-0.1, -0.05) is 6.07 Å². The molecular formula is C8H9FN2. The molecule has 2 heterocycles. The van der Waals surface area contributed by atoms with Crippen molar-refractivity contribution in [2.75, 3.05) is 11.9 Å². The number of hydrogen-bond acceptors (Lipinski definition) is 2. The lowest BCUT2D eigenvalue weighted by molar-refractivity contribution is 0.341. The first-order valence-corrected chi connectivity index (χ1v) is 3.68. The average Bonchev–Trinajstić information content (AvgIpc) is 2.04. The molecule has 1 aromatic heterocycles. The molecule has 0 aliphatic carbocycles. The normalized spacial score (nSPS) is 22.1. The molecule has 0 fully saturated rings. The molecule has 1 aromatic rings. The maximum atomic E-state index is 12.8. The Kier molecular flexibility index (Phi) is 1.49. The van der Waals surface area contributed by atoms with E-state index < -0.39 is 6.17 Å². The van der Waals surface area contributed by atoms with Gasteiger partial charge in [0.1, 0.15) is 12.0 Å². The molecule has 0 spiro atoms. The lowest BCUT2D eigenvalue weighted by Gasteiger charge is -2.19. The van der Waals surface area contributed by atoms with Crippen LogP contribution in [0.2, 0.25) is 0 Å². The minimum Gasteiger partial charge on any atom is -0.367 e. The summed E-state index contributed by atoms with van der Waals surface area (Å²) in [4.78, 5) is 4.08. The van der Waals surface area contributed by atoms with Gasteiger partial charge in [-0.2, -0.15) is 0 Å². The van der Waals surface area contributed by atoms with Crippen LogP contribution in [-0.2, 0) is 6.42 Å². The van der Waals surface area contributed by atoms with Gasteiger partial charge in [0.05, 0.1) is 0 Å². The molecule has 3 heteroatoms. The molecule has 1 N–H and O–H groups in total. The van der Waals surface area contributed by atoms with Gasteiger partial charge in [-0.15, -0.1) is 0 Å². The van der Waals surface area contributed by atoms with Gasteiger partial charge in [-0.3, -0.25) is 0 Å². The van der Waals surface area contributed by atoms with Crippen LogP contribution in [0.1, 0.15) is 5.56 Å². The molecule has 1 aliphatic rings. The van der Waals surface area contributed by atoms with E-state index in [0.717, 1.165) is 11.4 Å². The van der Waals surface area contributed by atoms with Crippen LogP contribution in [0.15, 0.2) is 18.3 Å². The van der Waals surface area contributed by atoms with Crippen molar-refractivity contribution in [1.82, 2.24) is 4.98 Å². The second kappa shape index (κ2) is 2.49. The summed E-state index contributed by atoms with van der Waals surface area (Å²) in [6.45, 7) is 0.393. The summed E-state index contributed by atoms with van der Waals surface area (Å²) in [6, 6.07) is 3.74. The first-order valence-electron chi connectivity index (χ1n) is 3.68. The molecule has 1 unspecified atom stereocenters. The molecule has 0 bridgehead atoms. The fraction of sp³-hybridized carbons (Fsp3) is 0.375. The van der Waals surface area contributed by atoms with Crippen molar-refractivity contribution in [1.29, 1.82) is 0 Å². The van der Waals surface area contributed by atoms with Crippen LogP contribution in [0.5, 0.6) is 0 Å². The van der Waals surface area contributed by atoms with Gasteiger partial charge in [-0.25, -0.2) is 9.37 Å². The maximum Gasteiger partial charge on any atom is 0.129 e. The second-order valence-corrected chi connectivity index (χ2v) is 2.69. The van der Waals surface area contributed by atoms with Gasteiger partial charge >= 0.3 is 0 Å². The van der Waals surface area contributed by atoms with Crippen LogP contribution in [-0.4, -0.2) is 17.7 Å². The van der Waals surface area contributed by atoms with Crippen molar-refractivity contribution in [2.24, 2.45) is 0 Å². The van der Waals surface area contributed by atoms with E-state index in [1.807, 2.05) is 12.1 Å². The number of pyridine rings is 1. The Labute approximate surface area is 64.5 Å². The third-order valence-electron chi connectivity index (χ3n) is 1.82. The number of alkyl halides is 1. The van der Waals surface area contributed by atoms with Gasteiger partial charge in [0.2, 0.25) is 0 Å². The van der Waals surface area contributed by atoms with Gasteiger partial charge in [0, 0.05) is 19.2 Å². The van der Waals surface area contributed by atoms with E-state index in [1.54, 1.807) is 6.20 Å². The van der Waals surface area contributed by atoms with E-state index in [2.05, 4.69) is 10.3 Å². The molecule has 58 valence electrons. The highest BCUT2D eigenvalue weighted by Crippen LogP contribution is 2.19. The molecule has 0 saturated carbocycles. The molecule has 2 nitrogen and oxygen atoms in total. The van der Waals surface area contributed by atoms with Gasteiger partial charge in [-0.05, 0) is 11.6 Å². The highest BCUT2D eigenvalue weighted by molar-refractivity contribution is 5.46. The van der Waals surface area contributed by atoms with Gasteiger partial charge in [0.25, 0.3) is 0 Å². The number of nitrogens with one attached hydrogen (secondary N) is 1. The third kappa shape index (κ3) is 1.18. The number of aromatic nitrogens is 1. The van der Waals surface area contributed by atoms with Crippen LogP contribution < -0.4 is 5.32 Å². The fourth-order valence-electron chi connectivity index (χ4n) is 1.28. The van der Waals surface area contributed by atoms with Crippen LogP contribution in [0.25, 0.3) is 0 Å². The van der Waals surface area contributed by atoms with Crippen molar-refractivity contribution in [2.45, 2.75) is 12.6 Å². The van der Waals surface area contributed by atoms with Crippen molar-refractivity contribution < 1.29 is 4.39 Å². The van der Waals surface area contributed by atoms with E-state index >= 15 is 0 Å². The number of fused-ring (bicyclic) bond motifs is 1. The molecule has 1 aliphatic heterocycles. The number of hydrogen-bond donors (Lipinski definition) is 1. The average molecular weight is 152 g/mol. The zero-order valence-electron chi connectivity index (χ0n) is 6.05. The molecular weight excluding hydrogens is 143 g/mol. The molecule has 0 aromatic carbocycles. The van der Waals surface area contributed by atoms with Crippen LogP contribution in [0.4, 0.5) is 10.2 Å². The Hall–Kier alpha value is -1.12. The van der Waals surface area contributed by atoms with E-state index in [-0.39, 0.29) is 0 Å². The van der Waals surface area contributed by atoms with Crippen molar-refractivity contribution >= 4 is 5.82 Å². The highest BCUT2D eigenvalue weighted by Gasteiger charge is 2.16. The number of rotatable bonds is 0. The monoisotopic (exact) mass is 152 g/mol. The quantitative estimate of drug-likeness (QED) is 0.607. The zero-order valence-corrected chi connectivity index (χ0v) is 6.05. The molecule has 2 rings (SSSR count). The first kappa shape index (κ1) is 6.58. The lowest BCUT2D eigenvalue weighted by Crippen LogP contribution is -2.24. The smallest absolute Gasteiger partial charge is 0.129 e. The minimum atomic E-state index is -0.758. The summed E-state index contributed by atoms with van der Waals surface area (Å²) in [5, 5.41) is 2.93. The third-order valence-corrected chi connectivity index (χ3v) is 1.82. The number of nitrogens with zero attached hydrogens (tertiary/aromatic N) is 1. The standard InChI is InChI=1S/C8H9FN2/c9-7-4-6-2-1-3-10-8(6)11-5-7/h1-3,7H,4-5H2,(H,10,11). The summed E-state index contributed by atoms with van der Waals surface area (Å²) in [7, 11) is 0. The summed E-state index contributed by atoms with van der Waals surface area (Å²) in [6.07, 6.45) is 1.45. The number of anilines is 1. The fourth-order valence-corrected chi connectivity index (χ4v) is 1.28. The largest absolute Gasteiger partial charge is 0.367 e. The Bertz CT molecular complexity index is 262. The summed E-state index contributed by atoms with van der Waals surface area (Å²) < 4.78 is 12.8. The lowest BCUT2D eigenvalue weighted by atomic mass is 10.1. The van der Waals surface area contributed by atoms with Crippen LogP contribution in [0, 0.1) is 0 Å². The van der Waals surface area contributed by atoms with Crippen molar-refractivity contribution in [3.8, 4) is 0 Å². The summed E-state index contributed by atoms with van der Waals surface area (Å²) in [5.41, 5.74) is 0.978. The highest BCUT2D eigenvalue weighted by atomic mass is 19.1. The summed E-state index contributed by atoms with van der Waals surface area (Å²) >= 11 is 0. The predicted octanol–water partition coefficient (Wildman–Crippen LogP) is 1.39. The Morgan fingerprint density at radius 3 is 3.45 bits per heavy atom. The van der Waals surface area contributed by atoms with Crippen LogP contribution >= 0.6 is 0 Å². The second-order valence-electron chi connectivity index (χ2n) is 2.69. The molecule has 0 amide bonds. The maximum absolute atomic E-state index is 12.8.